The van der Waals surface area contributed by atoms with Gasteiger partial charge in [0.2, 0.25) is 6.08 Å². The molecule has 0 aromatic heterocycles. The van der Waals surface area contributed by atoms with Gasteiger partial charge in [-0.2, -0.15) is 0 Å². The van der Waals surface area contributed by atoms with Crippen LogP contribution in [0, 0.1) is 35.0 Å². The van der Waals surface area contributed by atoms with Gasteiger partial charge in [-0.25, -0.2) is 9.79 Å². The van der Waals surface area contributed by atoms with Gasteiger partial charge in [0, 0.05) is 57.3 Å². The van der Waals surface area contributed by atoms with E-state index in [1.54, 1.807) is 41.5 Å². The number of isocyanates is 1. The summed E-state index contributed by atoms with van der Waals surface area (Å²) < 4.78 is 24.3. The minimum Gasteiger partial charge on any atom is -0.481 e. The van der Waals surface area contributed by atoms with Crippen molar-refractivity contribution in [2.45, 2.75) is 102 Å². The van der Waals surface area contributed by atoms with E-state index >= 15 is 0 Å². The fourth-order valence-corrected chi connectivity index (χ4v) is 2.55. The molecule has 65 heavy (non-hydrogen) atoms. The van der Waals surface area contributed by atoms with E-state index in [-0.39, 0.29) is 144 Å². The summed E-state index contributed by atoms with van der Waals surface area (Å²) in [6, 6.07) is 0.833. The molecule has 0 radical (unpaired) electrons. The van der Waals surface area contributed by atoms with E-state index in [2.05, 4.69) is 27.4 Å². The van der Waals surface area contributed by atoms with Gasteiger partial charge in [-0.1, -0.05) is 83.1 Å². The molecular formula is C42H90I2N6O15. The number of carbonyl (C=O) groups is 5. The van der Waals surface area contributed by atoms with Gasteiger partial charge in [0.25, 0.3) is 0 Å². The van der Waals surface area contributed by atoms with Gasteiger partial charge in [-0.3, -0.25) is 28.9 Å². The second-order valence-electron chi connectivity index (χ2n) is 16.3. The van der Waals surface area contributed by atoms with E-state index in [4.69, 9.17) is 44.7 Å². The lowest BCUT2D eigenvalue weighted by molar-refractivity contribution is -0.150. The topological polar surface area (TPSA) is 354 Å². The number of aliphatic imine (C=N–C) groups is 1. The lowest BCUT2D eigenvalue weighted by Gasteiger charge is -2.22. The first-order valence-corrected chi connectivity index (χ1v) is 21.0. The van der Waals surface area contributed by atoms with Crippen LogP contribution in [-0.4, -0.2) is 172 Å². The Labute approximate surface area is 423 Å². The van der Waals surface area contributed by atoms with Crippen LogP contribution < -0.4 is 22.5 Å². The highest BCUT2D eigenvalue weighted by Crippen LogP contribution is 2.13. The van der Waals surface area contributed by atoms with Crippen molar-refractivity contribution in [3.05, 3.63) is 0 Å². The number of aliphatic hydroxyl groups excluding tert-OH is 2. The third kappa shape index (κ3) is 68.5. The summed E-state index contributed by atoms with van der Waals surface area (Å²) >= 11 is 0. The SMILES string of the molecule is CC(C)C(=O)O.CC(C)C(=O)OCC(C)(C)CN.CC(C)C(=O)OCC1CO1.CC(C)C(=O)OCCN=C=O.CC(C)C(=O)OCCNCCO.CC1CN1.I.I.N.O.OCCN1CC1. The molecule has 0 spiro atoms. The Morgan fingerprint density at radius 1 is 0.800 bits per heavy atom. The molecule has 0 aliphatic carbocycles. The lowest BCUT2D eigenvalue weighted by Crippen LogP contribution is -2.30. The number of carbonyl (C=O) groups excluding carboxylic acids is 5. The van der Waals surface area contributed by atoms with E-state index in [0.29, 0.717) is 46.1 Å². The Morgan fingerprint density at radius 3 is 1.49 bits per heavy atom. The third-order valence-corrected chi connectivity index (χ3v) is 7.24. The summed E-state index contributed by atoms with van der Waals surface area (Å²) in [6.45, 7) is 32.6. The molecule has 12 N–H and O–H groups in total. The monoisotopic (exact) mass is 1170 g/mol. The van der Waals surface area contributed by atoms with Gasteiger partial charge in [0.15, 0.2) is 0 Å². The highest BCUT2D eigenvalue weighted by molar-refractivity contribution is 14.0. The van der Waals surface area contributed by atoms with E-state index in [0.717, 1.165) is 19.2 Å². The highest BCUT2D eigenvalue weighted by atomic mass is 127. The summed E-state index contributed by atoms with van der Waals surface area (Å²) in [7, 11) is 0. The number of β-amino-alcohol motifs (C(OH)–C–C–N with tert-alkyl or cyclic N) is 1. The van der Waals surface area contributed by atoms with E-state index in [1.165, 1.54) is 25.7 Å². The van der Waals surface area contributed by atoms with Crippen molar-refractivity contribution in [2.24, 2.45) is 45.7 Å². The highest BCUT2D eigenvalue weighted by Gasteiger charge is 2.24. The Hall–Kier alpha value is -2.17. The molecule has 0 aromatic carbocycles. The van der Waals surface area contributed by atoms with Crippen LogP contribution in [0.3, 0.4) is 0 Å². The second-order valence-corrected chi connectivity index (χ2v) is 16.3. The number of esters is 4. The molecule has 3 heterocycles. The Morgan fingerprint density at radius 2 is 1.20 bits per heavy atom. The Kier molecular flexibility index (Phi) is 63.0. The number of epoxide rings is 1. The lowest BCUT2D eigenvalue weighted by atomic mass is 9.95. The van der Waals surface area contributed by atoms with Crippen LogP contribution in [0.4, 0.5) is 0 Å². The molecule has 21 nitrogen and oxygen atoms in total. The van der Waals surface area contributed by atoms with Gasteiger partial charge in [-0.05, 0) is 6.92 Å². The van der Waals surface area contributed by atoms with Gasteiger partial charge < -0.3 is 67.0 Å². The second kappa shape index (κ2) is 51.2. The zero-order valence-corrected chi connectivity index (χ0v) is 46.1. The van der Waals surface area contributed by atoms with Crippen LogP contribution in [0.5, 0.6) is 0 Å². The first-order chi connectivity index (χ1) is 28.4. The first-order valence-electron chi connectivity index (χ1n) is 21.0. The number of carboxylic acids is 1. The zero-order chi connectivity index (χ0) is 48.0. The van der Waals surface area contributed by atoms with Crippen LogP contribution in [0.2, 0.25) is 0 Å². The fourth-order valence-electron chi connectivity index (χ4n) is 2.55. The number of rotatable bonds is 20. The molecule has 23 heteroatoms. The predicted molar refractivity (Wildman–Crippen MR) is 272 cm³/mol. The maximum Gasteiger partial charge on any atom is 0.308 e. The number of aliphatic hydroxyl groups is 2. The number of nitrogens with zero attached hydrogens (tertiary/aromatic N) is 2. The van der Waals surface area contributed by atoms with Crippen LogP contribution in [-0.2, 0) is 52.5 Å². The van der Waals surface area contributed by atoms with Crippen molar-refractivity contribution < 1.29 is 73.2 Å². The number of hydrogen-bond acceptors (Lipinski definition) is 19. The molecular weight excluding hydrogens is 1080 g/mol. The number of nitrogens with one attached hydrogen (secondary N) is 2. The number of halogens is 2. The fraction of sp³-hybridized carbons (Fsp3) is 0.857. The van der Waals surface area contributed by atoms with Crippen LogP contribution in [0.1, 0.15) is 90.0 Å². The maximum atomic E-state index is 11.0. The molecule has 3 rings (SSSR count). The number of aliphatic carboxylic acids is 1. The minimum absolute atomic E-state index is 0. The van der Waals surface area contributed by atoms with Crippen LogP contribution >= 0.6 is 48.0 Å². The third-order valence-electron chi connectivity index (χ3n) is 7.24. The molecule has 3 aliphatic rings. The van der Waals surface area contributed by atoms with Gasteiger partial charge in [0.1, 0.15) is 25.9 Å². The molecule has 0 bridgehead atoms. The standard InChI is InChI=1S/C9H19NO2.C8H17NO3.C7H11NO3.C7H12O3.C4H9NO.C4H8O2.C3H7N.2HI.H3N.H2O/c1-7(2)8(11)12-6-9(3,4)5-10;1-7(2)8(11)12-6-4-9-3-5-10;1-6(2)7(10)11-4-3-8-5-9;1-5(2)7(8)10-4-6-3-9-6;6-4-3-5-1-2-5;1-3(2)4(5)6;1-3-2-4-3;;;;/h7H,5-6,10H2,1-4H3;7,9-10H,3-6H2,1-2H3;6H,3-4H2,1-2H3;5-6H,3-4H2,1-2H3;6H,1-4H2;3H,1-2H3,(H,5,6);3-4H,2H2,1H3;2*1H;1H3;1H2. The van der Waals surface area contributed by atoms with E-state index < -0.39 is 5.97 Å². The number of nitrogens with two attached hydrogens (primary N) is 1. The first kappa shape index (κ1) is 79.9. The summed E-state index contributed by atoms with van der Waals surface area (Å²) in [5, 5.41) is 30.6. The average molecular weight is 1170 g/mol. The van der Waals surface area contributed by atoms with Crippen molar-refractivity contribution in [1.29, 1.82) is 0 Å². The molecule has 3 saturated heterocycles. The van der Waals surface area contributed by atoms with Crippen LogP contribution in [0.15, 0.2) is 4.99 Å². The van der Waals surface area contributed by atoms with E-state index in [1.807, 2.05) is 41.5 Å². The van der Waals surface area contributed by atoms with Crippen molar-refractivity contribution >= 4 is 83.9 Å². The van der Waals surface area contributed by atoms with Crippen molar-refractivity contribution in [3.8, 4) is 0 Å². The molecule has 0 amide bonds. The average Bonchev–Trinajstić information content (AvgIpc) is 4.06. The number of hydrogen-bond donors (Lipinski definition) is 7. The van der Waals surface area contributed by atoms with Gasteiger partial charge in [0.05, 0.1) is 62.6 Å². The summed E-state index contributed by atoms with van der Waals surface area (Å²) in [4.78, 5) is 68.1. The molecule has 3 aliphatic heterocycles. The summed E-state index contributed by atoms with van der Waals surface area (Å²) in [6.07, 6.45) is 1.54. The Balaban J connectivity index is -0.0000000982. The van der Waals surface area contributed by atoms with Gasteiger partial charge >= 0.3 is 29.8 Å². The largest absolute Gasteiger partial charge is 0.481 e. The number of ether oxygens (including phenoxy) is 5. The van der Waals surface area contributed by atoms with Crippen LogP contribution in [0.25, 0.3) is 0 Å². The zero-order valence-electron chi connectivity index (χ0n) is 41.5. The molecule has 0 saturated carbocycles. The quantitative estimate of drug-likeness (QED) is 0.0175. The van der Waals surface area contributed by atoms with Crippen molar-refractivity contribution in [3.63, 3.8) is 0 Å². The molecule has 0 aromatic rings. The summed E-state index contributed by atoms with van der Waals surface area (Å²) in [5.41, 5.74) is 5.37. The van der Waals surface area contributed by atoms with E-state index in [9.17, 15) is 28.8 Å². The molecule has 2 atom stereocenters. The maximum absolute atomic E-state index is 11.0. The molecule has 2 unspecified atom stereocenters. The molecule has 3 fully saturated rings. The van der Waals surface area contributed by atoms with Crippen molar-refractivity contribution in [2.75, 3.05) is 98.6 Å². The van der Waals surface area contributed by atoms with Gasteiger partial charge in [-0.15, -0.1) is 48.0 Å². The minimum atomic E-state index is -0.741. The molecule has 392 valence electrons. The predicted octanol–water partition coefficient (Wildman–Crippen LogP) is 2.62. The summed E-state index contributed by atoms with van der Waals surface area (Å²) in [5.74, 6) is -2.01. The smallest absolute Gasteiger partial charge is 0.308 e. The number of carboxylic acid groups (broad SMARTS) is 1. The Bertz CT molecular complexity index is 1200. The van der Waals surface area contributed by atoms with Crippen molar-refractivity contribution in [1.82, 2.24) is 21.7 Å². The normalized spacial score (nSPS) is 14.4.